The molecule has 3 heteroatoms. The van der Waals surface area contributed by atoms with Crippen molar-refractivity contribution in [2.75, 3.05) is 0 Å². The predicted octanol–water partition coefficient (Wildman–Crippen LogP) is 2.97. The lowest BCUT2D eigenvalue weighted by Crippen LogP contribution is -2.15. The molecule has 0 bridgehead atoms. The van der Waals surface area contributed by atoms with Crippen LogP contribution in [0.15, 0.2) is 24.3 Å². The number of hydrogen-bond donors (Lipinski definition) is 0. The van der Waals surface area contributed by atoms with E-state index in [-0.39, 0.29) is 5.41 Å². The molecule has 1 heterocycles. The summed E-state index contributed by atoms with van der Waals surface area (Å²) >= 11 is 0. The molecule has 3 rings (SSSR count). The van der Waals surface area contributed by atoms with Crippen molar-refractivity contribution in [3.8, 4) is 0 Å². The van der Waals surface area contributed by atoms with E-state index in [0.717, 1.165) is 31.5 Å². The molecule has 1 saturated carbocycles. The minimum Gasteiger partial charge on any atom is -0.299 e. The first-order valence-corrected chi connectivity index (χ1v) is 6.62. The smallest absolute Gasteiger partial charge is 0.136 e. The summed E-state index contributed by atoms with van der Waals surface area (Å²) in [5.41, 5.74) is 2.16. The Balaban J connectivity index is 2.05. The summed E-state index contributed by atoms with van der Waals surface area (Å²) in [5, 5.41) is 5.88. The summed E-state index contributed by atoms with van der Waals surface area (Å²) in [7, 11) is 0. The summed E-state index contributed by atoms with van der Waals surface area (Å²) in [6, 6.07) is 8.29. The quantitative estimate of drug-likeness (QED) is 0.826. The van der Waals surface area contributed by atoms with E-state index in [4.69, 9.17) is 0 Å². The van der Waals surface area contributed by atoms with Crippen LogP contribution < -0.4 is 0 Å². The second kappa shape index (κ2) is 3.94. The first kappa shape index (κ1) is 11.5. The fourth-order valence-electron chi connectivity index (χ4n) is 2.69. The first-order valence-electron chi connectivity index (χ1n) is 6.62. The molecule has 0 saturated heterocycles. The van der Waals surface area contributed by atoms with Crippen LogP contribution in [0.5, 0.6) is 0 Å². The number of carbonyl (C=O) groups excluding carboxylic acids is 1. The molecule has 1 aliphatic carbocycles. The van der Waals surface area contributed by atoms with Gasteiger partial charge in [-0.3, -0.25) is 9.48 Å². The third kappa shape index (κ3) is 1.65. The summed E-state index contributed by atoms with van der Waals surface area (Å²) < 4.78 is 2.03. The van der Waals surface area contributed by atoms with Crippen LogP contribution in [0.2, 0.25) is 0 Å². The van der Waals surface area contributed by atoms with Crippen molar-refractivity contribution >= 4 is 16.7 Å². The number of fused-ring (bicyclic) bond motifs is 1. The predicted molar refractivity (Wildman–Crippen MR) is 71.5 cm³/mol. The Labute approximate surface area is 107 Å². The average Bonchev–Trinajstić information content (AvgIpc) is 3.07. The molecular formula is C15H18N2O. The number of nitrogens with zero attached hydrogens (tertiary/aromatic N) is 2. The van der Waals surface area contributed by atoms with Crippen LogP contribution >= 0.6 is 0 Å². The molecule has 18 heavy (non-hydrogen) atoms. The third-order valence-electron chi connectivity index (χ3n) is 4.14. The van der Waals surface area contributed by atoms with Crippen molar-refractivity contribution < 1.29 is 4.79 Å². The Hall–Kier alpha value is -1.64. The Morgan fingerprint density at radius 1 is 1.39 bits per heavy atom. The molecular weight excluding hydrogens is 224 g/mol. The number of carbonyl (C=O) groups is 1. The Bertz CT molecular complexity index is 608. The van der Waals surface area contributed by atoms with Gasteiger partial charge in [-0.2, -0.15) is 5.10 Å². The fourth-order valence-corrected chi connectivity index (χ4v) is 2.69. The van der Waals surface area contributed by atoms with Crippen LogP contribution in [0.3, 0.4) is 0 Å². The van der Waals surface area contributed by atoms with Crippen molar-refractivity contribution in [2.24, 2.45) is 5.41 Å². The average molecular weight is 242 g/mol. The van der Waals surface area contributed by atoms with Gasteiger partial charge in [0.1, 0.15) is 5.78 Å². The molecule has 1 aromatic heterocycles. The van der Waals surface area contributed by atoms with E-state index in [9.17, 15) is 4.79 Å². The lowest BCUT2D eigenvalue weighted by molar-refractivity contribution is -0.121. The van der Waals surface area contributed by atoms with E-state index in [1.54, 1.807) is 6.92 Å². The first-order chi connectivity index (χ1) is 8.66. The number of para-hydroxylation sites is 1. The van der Waals surface area contributed by atoms with Crippen LogP contribution in [0.25, 0.3) is 10.9 Å². The lowest BCUT2D eigenvalue weighted by atomic mass is 9.94. The van der Waals surface area contributed by atoms with E-state index in [1.807, 2.05) is 16.8 Å². The summed E-state index contributed by atoms with van der Waals surface area (Å²) in [5.74, 6) is 0.317. The molecule has 2 aromatic rings. The topological polar surface area (TPSA) is 34.9 Å². The number of ketones is 1. The van der Waals surface area contributed by atoms with E-state index in [1.165, 1.54) is 10.9 Å². The number of Topliss-reactive ketones (excluding diaryl/α,β-unsaturated/α-hetero) is 1. The van der Waals surface area contributed by atoms with E-state index in [2.05, 4.69) is 24.2 Å². The monoisotopic (exact) mass is 242 g/mol. The zero-order chi connectivity index (χ0) is 12.8. The largest absolute Gasteiger partial charge is 0.299 e. The molecule has 0 atom stereocenters. The molecule has 0 amide bonds. The van der Waals surface area contributed by atoms with Gasteiger partial charge in [0, 0.05) is 23.8 Å². The van der Waals surface area contributed by atoms with E-state index in [0.29, 0.717) is 5.78 Å². The number of aryl methyl sites for hydroxylation is 1. The minimum atomic E-state index is -0.101. The number of aromatic nitrogens is 2. The second-order valence-corrected chi connectivity index (χ2v) is 5.29. The maximum Gasteiger partial charge on any atom is 0.136 e. The van der Waals surface area contributed by atoms with Gasteiger partial charge in [-0.25, -0.2) is 0 Å². The highest BCUT2D eigenvalue weighted by Gasteiger charge is 2.47. The lowest BCUT2D eigenvalue weighted by Gasteiger charge is -2.08. The highest BCUT2D eigenvalue weighted by Crippen LogP contribution is 2.49. The van der Waals surface area contributed by atoms with Crippen molar-refractivity contribution in [1.29, 1.82) is 0 Å². The van der Waals surface area contributed by atoms with Gasteiger partial charge in [0.25, 0.3) is 0 Å². The van der Waals surface area contributed by atoms with Gasteiger partial charge < -0.3 is 0 Å². The van der Waals surface area contributed by atoms with Crippen LogP contribution in [0.1, 0.15) is 32.4 Å². The summed E-state index contributed by atoms with van der Waals surface area (Å²) in [4.78, 5) is 11.7. The molecule has 0 unspecified atom stereocenters. The Morgan fingerprint density at radius 2 is 2.11 bits per heavy atom. The fraction of sp³-hybridized carbons (Fsp3) is 0.467. The van der Waals surface area contributed by atoms with Gasteiger partial charge in [-0.1, -0.05) is 18.2 Å². The van der Waals surface area contributed by atoms with Crippen molar-refractivity contribution in [2.45, 2.75) is 39.7 Å². The van der Waals surface area contributed by atoms with Crippen molar-refractivity contribution in [3.63, 3.8) is 0 Å². The minimum absolute atomic E-state index is 0.101. The van der Waals surface area contributed by atoms with Gasteiger partial charge in [-0.15, -0.1) is 0 Å². The van der Waals surface area contributed by atoms with Gasteiger partial charge in [0.15, 0.2) is 0 Å². The van der Waals surface area contributed by atoms with Crippen molar-refractivity contribution in [1.82, 2.24) is 9.78 Å². The molecule has 94 valence electrons. The molecule has 1 aliphatic rings. The summed E-state index contributed by atoms with van der Waals surface area (Å²) in [6.45, 7) is 4.68. The van der Waals surface area contributed by atoms with Crippen LogP contribution in [0.4, 0.5) is 0 Å². The number of hydrogen-bond acceptors (Lipinski definition) is 2. The highest BCUT2D eigenvalue weighted by atomic mass is 16.1. The van der Waals surface area contributed by atoms with Crippen molar-refractivity contribution in [3.05, 3.63) is 30.0 Å². The number of rotatable bonds is 4. The number of benzene rings is 1. The van der Waals surface area contributed by atoms with Crippen LogP contribution in [-0.4, -0.2) is 15.6 Å². The van der Waals surface area contributed by atoms with E-state index >= 15 is 0 Å². The summed E-state index contributed by atoms with van der Waals surface area (Å²) in [6.07, 6.45) is 2.85. The molecule has 0 N–H and O–H groups in total. The standard InChI is InChI=1S/C15H18N2O/c1-3-17-14-7-5-4-6-12(14)13(16-17)10-15(8-9-15)11(2)18/h4-7H,3,8-10H2,1-2H3. The Morgan fingerprint density at radius 3 is 2.72 bits per heavy atom. The SMILES string of the molecule is CCn1nc(CC2(C(C)=O)CC2)c2ccccc21. The normalized spacial score (nSPS) is 17.0. The van der Waals surface area contributed by atoms with Crippen LogP contribution in [-0.2, 0) is 17.8 Å². The molecule has 1 aromatic carbocycles. The molecule has 3 nitrogen and oxygen atoms in total. The molecule has 0 radical (unpaired) electrons. The molecule has 1 fully saturated rings. The zero-order valence-electron chi connectivity index (χ0n) is 10.9. The maximum absolute atomic E-state index is 11.7. The second-order valence-electron chi connectivity index (χ2n) is 5.29. The molecule has 0 spiro atoms. The van der Waals surface area contributed by atoms with Gasteiger partial charge >= 0.3 is 0 Å². The van der Waals surface area contributed by atoms with Gasteiger partial charge in [0.05, 0.1) is 11.2 Å². The zero-order valence-corrected chi connectivity index (χ0v) is 10.9. The van der Waals surface area contributed by atoms with Crippen LogP contribution in [0, 0.1) is 5.41 Å². The van der Waals surface area contributed by atoms with Gasteiger partial charge in [-0.05, 0) is 32.8 Å². The maximum atomic E-state index is 11.7. The van der Waals surface area contributed by atoms with Gasteiger partial charge in [0.2, 0.25) is 0 Å². The third-order valence-corrected chi connectivity index (χ3v) is 4.14. The Kier molecular flexibility index (Phi) is 2.51. The molecule has 0 aliphatic heterocycles. The van der Waals surface area contributed by atoms with E-state index < -0.39 is 0 Å². The highest BCUT2D eigenvalue weighted by molar-refractivity contribution is 5.87.